The minimum absolute atomic E-state index is 0.0120. The van der Waals surface area contributed by atoms with Crippen LogP contribution in [0.2, 0.25) is 0 Å². The lowest BCUT2D eigenvalue weighted by Crippen LogP contribution is -2.24. The molecule has 8 heteroatoms. The summed E-state index contributed by atoms with van der Waals surface area (Å²) in [6.07, 6.45) is 0. The van der Waals surface area contributed by atoms with Crippen LogP contribution in [0, 0.1) is 0 Å². The van der Waals surface area contributed by atoms with Gasteiger partial charge in [0.1, 0.15) is 11.5 Å². The van der Waals surface area contributed by atoms with E-state index in [1.54, 1.807) is 60.7 Å². The van der Waals surface area contributed by atoms with Crippen LogP contribution in [0.3, 0.4) is 0 Å². The molecule has 38 heavy (non-hydrogen) atoms. The van der Waals surface area contributed by atoms with E-state index in [1.165, 1.54) is 24.3 Å². The Morgan fingerprint density at radius 1 is 0.395 bits per heavy atom. The molecule has 0 saturated carbocycles. The molecular formula is C30H16N2O6. The highest BCUT2D eigenvalue weighted by Crippen LogP contribution is 2.30. The van der Waals surface area contributed by atoms with Crippen LogP contribution >= 0.6 is 0 Å². The predicted octanol–water partition coefficient (Wildman–Crippen LogP) is 3.61. The number of phenols is 2. The Balaban J connectivity index is 1.54. The first-order valence-corrected chi connectivity index (χ1v) is 11.7. The zero-order chi connectivity index (χ0) is 26.3. The fourth-order valence-corrected chi connectivity index (χ4v) is 5.35. The van der Waals surface area contributed by atoms with Gasteiger partial charge in [-0.15, -0.1) is 0 Å². The number of aromatic nitrogens is 2. The van der Waals surface area contributed by atoms with Gasteiger partial charge in [0.05, 0.1) is 32.9 Å². The van der Waals surface area contributed by atoms with Crippen LogP contribution < -0.4 is 22.2 Å². The molecule has 0 fully saturated rings. The van der Waals surface area contributed by atoms with Gasteiger partial charge in [-0.25, -0.2) is 9.13 Å². The molecule has 2 aromatic heterocycles. The molecule has 0 aliphatic rings. The first-order chi connectivity index (χ1) is 18.4. The molecule has 182 valence electrons. The van der Waals surface area contributed by atoms with E-state index in [0.717, 1.165) is 9.13 Å². The van der Waals surface area contributed by atoms with Crippen molar-refractivity contribution in [3.05, 3.63) is 126 Å². The summed E-state index contributed by atoms with van der Waals surface area (Å²) in [6, 6.07) is 22.1. The van der Waals surface area contributed by atoms with Crippen molar-refractivity contribution in [2.24, 2.45) is 0 Å². The molecule has 7 aromatic rings. The molecule has 0 saturated heterocycles. The number of hydrogen-bond acceptors (Lipinski definition) is 6. The second kappa shape index (κ2) is 7.50. The molecule has 0 amide bonds. The number of aromatic hydroxyl groups is 2. The van der Waals surface area contributed by atoms with Gasteiger partial charge in [-0.05, 0) is 36.4 Å². The van der Waals surface area contributed by atoms with Gasteiger partial charge in [0.15, 0.2) is 0 Å². The van der Waals surface area contributed by atoms with E-state index in [9.17, 15) is 29.4 Å². The van der Waals surface area contributed by atoms with Crippen molar-refractivity contribution in [1.82, 2.24) is 9.13 Å². The monoisotopic (exact) mass is 500 g/mol. The maximum Gasteiger partial charge on any atom is 0.266 e. The molecule has 0 radical (unpaired) electrons. The maximum atomic E-state index is 13.5. The fourth-order valence-electron chi connectivity index (χ4n) is 5.35. The van der Waals surface area contributed by atoms with Gasteiger partial charge in [0.25, 0.3) is 22.2 Å². The fraction of sp³-hybridized carbons (Fsp3) is 0. The van der Waals surface area contributed by atoms with Gasteiger partial charge in [-0.3, -0.25) is 19.2 Å². The molecule has 0 aliphatic carbocycles. The summed E-state index contributed by atoms with van der Waals surface area (Å²) >= 11 is 0. The average Bonchev–Trinajstić information content (AvgIpc) is 3.31. The Morgan fingerprint density at radius 2 is 0.711 bits per heavy atom. The van der Waals surface area contributed by atoms with E-state index >= 15 is 0 Å². The number of rotatable bonds is 2. The van der Waals surface area contributed by atoms with Gasteiger partial charge >= 0.3 is 0 Å². The molecule has 0 unspecified atom stereocenters. The molecule has 0 aliphatic heterocycles. The first kappa shape index (κ1) is 21.8. The van der Waals surface area contributed by atoms with Crippen molar-refractivity contribution >= 4 is 43.1 Å². The zero-order valence-corrected chi connectivity index (χ0v) is 19.5. The lowest BCUT2D eigenvalue weighted by Gasteiger charge is -2.07. The largest absolute Gasteiger partial charge is 0.507 e. The summed E-state index contributed by atoms with van der Waals surface area (Å²) in [4.78, 5) is 54.0. The molecule has 0 bridgehead atoms. The molecule has 7 rings (SSSR count). The number of nitrogens with zero attached hydrogens (tertiary/aromatic N) is 2. The van der Waals surface area contributed by atoms with Crippen LogP contribution in [-0.2, 0) is 0 Å². The SMILES string of the molecule is O=c1c2cc3c(=O)n(-c4cccc5c(O)cccc45)c(=O)c3cc2c(=O)n1-c1cccc2c(O)cccc12. The Hall–Kier alpha value is -5.50. The molecule has 5 aromatic carbocycles. The Bertz CT molecular complexity index is 2110. The molecule has 2 N–H and O–H groups in total. The minimum Gasteiger partial charge on any atom is -0.507 e. The summed E-state index contributed by atoms with van der Waals surface area (Å²) in [7, 11) is 0. The van der Waals surface area contributed by atoms with E-state index in [1.807, 2.05) is 0 Å². The molecule has 0 atom stereocenters. The van der Waals surface area contributed by atoms with Crippen LogP contribution in [0.15, 0.2) is 104 Å². The second-order valence-corrected chi connectivity index (χ2v) is 9.13. The minimum atomic E-state index is -0.627. The molecular weight excluding hydrogens is 484 g/mol. The smallest absolute Gasteiger partial charge is 0.266 e. The third kappa shape index (κ3) is 2.74. The summed E-state index contributed by atoms with van der Waals surface area (Å²) in [5.74, 6) is 0.0240. The van der Waals surface area contributed by atoms with Crippen molar-refractivity contribution in [3.63, 3.8) is 0 Å². The van der Waals surface area contributed by atoms with Gasteiger partial charge in [-0.2, -0.15) is 0 Å². The van der Waals surface area contributed by atoms with Crippen LogP contribution in [-0.4, -0.2) is 19.3 Å². The van der Waals surface area contributed by atoms with E-state index < -0.39 is 22.2 Å². The summed E-state index contributed by atoms with van der Waals surface area (Å²) in [6.45, 7) is 0. The Kier molecular flexibility index (Phi) is 4.29. The second-order valence-electron chi connectivity index (χ2n) is 9.13. The van der Waals surface area contributed by atoms with Gasteiger partial charge < -0.3 is 10.2 Å². The normalized spacial score (nSPS) is 11.8. The number of fused-ring (bicyclic) bond motifs is 4. The van der Waals surface area contributed by atoms with Crippen molar-refractivity contribution in [3.8, 4) is 22.9 Å². The van der Waals surface area contributed by atoms with Crippen molar-refractivity contribution in [2.75, 3.05) is 0 Å². The standard InChI is InChI=1S/C30H16N2O6/c33-25-11-3-5-15-17(25)7-1-9-23(15)31-27(35)19-13-21-22(14-20(19)28(31)36)30(38)32(29(21)37)24-10-2-8-18-16(24)6-4-12-26(18)34/h1-14,33-34H. The lowest BCUT2D eigenvalue weighted by atomic mass is 10.1. The van der Waals surface area contributed by atoms with E-state index in [2.05, 4.69) is 0 Å². The Morgan fingerprint density at radius 3 is 1.08 bits per heavy atom. The van der Waals surface area contributed by atoms with E-state index in [-0.39, 0.29) is 33.0 Å². The first-order valence-electron chi connectivity index (χ1n) is 11.7. The highest BCUT2D eigenvalue weighted by molar-refractivity contribution is 6.01. The number of benzene rings is 5. The third-order valence-electron chi connectivity index (χ3n) is 7.13. The van der Waals surface area contributed by atoms with Crippen LogP contribution in [0.1, 0.15) is 0 Å². The van der Waals surface area contributed by atoms with Crippen molar-refractivity contribution in [2.45, 2.75) is 0 Å². The number of phenolic OH excluding ortho intramolecular Hbond substituents is 2. The van der Waals surface area contributed by atoms with Crippen molar-refractivity contribution in [1.29, 1.82) is 0 Å². The van der Waals surface area contributed by atoms with Crippen LogP contribution in [0.25, 0.3) is 54.5 Å². The topological polar surface area (TPSA) is 119 Å². The van der Waals surface area contributed by atoms with Gasteiger partial charge in [0, 0.05) is 21.5 Å². The van der Waals surface area contributed by atoms with E-state index in [4.69, 9.17) is 0 Å². The van der Waals surface area contributed by atoms with Gasteiger partial charge in [-0.1, -0.05) is 48.5 Å². The summed E-state index contributed by atoms with van der Waals surface area (Å²) in [5, 5.41) is 22.5. The lowest BCUT2D eigenvalue weighted by molar-refractivity contribution is 0.481. The zero-order valence-electron chi connectivity index (χ0n) is 19.5. The average molecular weight is 500 g/mol. The molecule has 2 heterocycles. The maximum absolute atomic E-state index is 13.5. The highest BCUT2D eigenvalue weighted by atomic mass is 16.3. The molecule has 8 nitrogen and oxygen atoms in total. The summed E-state index contributed by atoms with van der Waals surface area (Å²) in [5.41, 5.74) is -1.93. The predicted molar refractivity (Wildman–Crippen MR) is 146 cm³/mol. The van der Waals surface area contributed by atoms with Crippen LogP contribution in [0.4, 0.5) is 0 Å². The van der Waals surface area contributed by atoms with Crippen LogP contribution in [0.5, 0.6) is 11.5 Å². The number of hydrogen-bond donors (Lipinski definition) is 2. The Labute approximate surface area is 211 Å². The van der Waals surface area contributed by atoms with Crippen molar-refractivity contribution < 1.29 is 10.2 Å². The van der Waals surface area contributed by atoms with E-state index in [0.29, 0.717) is 32.9 Å². The third-order valence-corrected chi connectivity index (χ3v) is 7.13. The quantitative estimate of drug-likeness (QED) is 0.374. The van der Waals surface area contributed by atoms with Gasteiger partial charge in [0.2, 0.25) is 0 Å². The molecule has 0 spiro atoms. The summed E-state index contributed by atoms with van der Waals surface area (Å²) < 4.78 is 2.00. The highest BCUT2D eigenvalue weighted by Gasteiger charge is 2.22.